The number of nitrogens with one attached hydrogen (secondary N) is 3. The van der Waals surface area contributed by atoms with Gasteiger partial charge in [-0.05, 0) is 61.0 Å². The van der Waals surface area contributed by atoms with Crippen LogP contribution in [0.15, 0.2) is 102 Å². The van der Waals surface area contributed by atoms with E-state index in [1.165, 1.54) is 38.3 Å². The Balaban J connectivity index is 1.55. The summed E-state index contributed by atoms with van der Waals surface area (Å²) >= 11 is 7.25. The van der Waals surface area contributed by atoms with Crippen LogP contribution in [0.25, 0.3) is 6.08 Å². The predicted molar refractivity (Wildman–Crippen MR) is 174 cm³/mol. The van der Waals surface area contributed by atoms with Crippen LogP contribution in [0.3, 0.4) is 0 Å². The molecule has 4 rings (SSSR count). The van der Waals surface area contributed by atoms with Gasteiger partial charge < -0.3 is 25.4 Å². The van der Waals surface area contributed by atoms with Crippen LogP contribution < -0.4 is 25.4 Å². The molecule has 1 heterocycles. The van der Waals surface area contributed by atoms with E-state index in [0.717, 1.165) is 4.90 Å². The Morgan fingerprint density at radius 2 is 1.70 bits per heavy atom. The zero-order chi connectivity index (χ0) is 31.5. The first kappa shape index (κ1) is 32.1. The van der Waals surface area contributed by atoms with Gasteiger partial charge in [-0.15, -0.1) is 11.8 Å². The molecule has 44 heavy (non-hydrogen) atoms. The summed E-state index contributed by atoms with van der Waals surface area (Å²) in [5, 5.41) is 8.46. The number of carbonyl (C=O) groups is 3. The summed E-state index contributed by atoms with van der Waals surface area (Å²) in [5.74, 6) is 0.0729. The van der Waals surface area contributed by atoms with Crippen LogP contribution in [-0.4, -0.2) is 42.2 Å². The van der Waals surface area contributed by atoms with E-state index in [1.54, 1.807) is 78.9 Å². The molecule has 0 fully saturated rings. The Morgan fingerprint density at radius 3 is 2.39 bits per heavy atom. The van der Waals surface area contributed by atoms with Crippen LogP contribution in [-0.2, 0) is 9.59 Å². The zero-order valence-electron chi connectivity index (χ0n) is 24.3. The van der Waals surface area contributed by atoms with Gasteiger partial charge in [0.25, 0.3) is 11.8 Å². The highest BCUT2D eigenvalue weighted by Gasteiger charge is 2.20. The molecule has 0 saturated heterocycles. The van der Waals surface area contributed by atoms with Crippen molar-refractivity contribution in [3.05, 3.63) is 113 Å². The molecule has 0 spiro atoms. The highest BCUT2D eigenvalue weighted by Crippen LogP contribution is 2.32. The molecule has 3 aromatic carbocycles. The van der Waals surface area contributed by atoms with Crippen molar-refractivity contribution in [3.63, 3.8) is 0 Å². The topological polar surface area (TPSA) is 119 Å². The lowest BCUT2D eigenvalue weighted by Crippen LogP contribution is -2.30. The average Bonchev–Trinajstić information content (AvgIpc) is 3.04. The summed E-state index contributed by atoms with van der Waals surface area (Å²) in [4.78, 5) is 44.5. The number of benzene rings is 3. The zero-order valence-corrected chi connectivity index (χ0v) is 25.9. The number of aromatic nitrogens is 1. The molecule has 0 radical (unpaired) electrons. The number of nitrogens with zero attached hydrogens (tertiary/aromatic N) is 1. The smallest absolute Gasteiger partial charge is 0.272 e. The molecule has 1 unspecified atom stereocenters. The number of amides is 3. The van der Waals surface area contributed by atoms with Crippen molar-refractivity contribution >= 4 is 58.7 Å². The maximum absolute atomic E-state index is 13.6. The molecule has 0 aliphatic rings. The average molecular weight is 631 g/mol. The van der Waals surface area contributed by atoms with Crippen molar-refractivity contribution in [1.29, 1.82) is 0 Å². The Hall–Kier alpha value is -4.80. The Kier molecular flexibility index (Phi) is 11.4. The van der Waals surface area contributed by atoms with Crippen LogP contribution in [0.2, 0.25) is 5.02 Å². The molecule has 0 bridgehead atoms. The number of pyridine rings is 1. The third-order valence-corrected chi connectivity index (χ3v) is 7.86. The number of carbonyl (C=O) groups excluding carboxylic acids is 3. The van der Waals surface area contributed by atoms with E-state index in [0.29, 0.717) is 45.6 Å². The molecule has 0 saturated carbocycles. The van der Waals surface area contributed by atoms with E-state index in [9.17, 15) is 14.4 Å². The van der Waals surface area contributed by atoms with Gasteiger partial charge in [-0.2, -0.15) is 0 Å². The first-order valence-electron chi connectivity index (χ1n) is 13.6. The number of anilines is 2. The fraction of sp³-hybridized carbons (Fsp3) is 0.152. The summed E-state index contributed by atoms with van der Waals surface area (Å²) in [6.07, 6.45) is 3.55. The number of hydrogen-bond donors (Lipinski definition) is 3. The van der Waals surface area contributed by atoms with Crippen molar-refractivity contribution in [2.75, 3.05) is 24.9 Å². The first-order valence-corrected chi connectivity index (χ1v) is 14.9. The minimum absolute atomic E-state index is 0.00950. The molecule has 3 N–H and O–H groups in total. The number of rotatable bonds is 12. The fourth-order valence-corrected chi connectivity index (χ4v) is 5.24. The third-order valence-electron chi connectivity index (χ3n) is 6.27. The first-order chi connectivity index (χ1) is 21.3. The van der Waals surface area contributed by atoms with Crippen molar-refractivity contribution < 1.29 is 23.9 Å². The maximum atomic E-state index is 13.6. The molecule has 11 heteroatoms. The molecule has 4 aromatic rings. The third kappa shape index (κ3) is 8.62. The van der Waals surface area contributed by atoms with Gasteiger partial charge in [0.2, 0.25) is 5.91 Å². The van der Waals surface area contributed by atoms with E-state index < -0.39 is 17.1 Å². The highest BCUT2D eigenvalue weighted by molar-refractivity contribution is 8.00. The maximum Gasteiger partial charge on any atom is 0.272 e. The van der Waals surface area contributed by atoms with E-state index in [-0.39, 0.29) is 11.6 Å². The normalized spacial score (nSPS) is 11.7. The van der Waals surface area contributed by atoms with E-state index >= 15 is 0 Å². The second-order valence-electron chi connectivity index (χ2n) is 9.31. The quantitative estimate of drug-likeness (QED) is 0.118. The lowest BCUT2D eigenvalue weighted by Gasteiger charge is -2.16. The van der Waals surface area contributed by atoms with Crippen LogP contribution in [0.1, 0.15) is 29.3 Å². The van der Waals surface area contributed by atoms with Gasteiger partial charge in [-0.1, -0.05) is 54.9 Å². The van der Waals surface area contributed by atoms with Gasteiger partial charge in [0.15, 0.2) is 11.5 Å². The van der Waals surface area contributed by atoms with Gasteiger partial charge in [0.05, 0.1) is 24.5 Å². The van der Waals surface area contributed by atoms with E-state index in [4.69, 9.17) is 21.1 Å². The van der Waals surface area contributed by atoms with Crippen molar-refractivity contribution in [2.24, 2.45) is 0 Å². The van der Waals surface area contributed by atoms with Gasteiger partial charge in [0.1, 0.15) is 11.5 Å². The molecule has 1 atom stereocenters. The second-order valence-corrected chi connectivity index (χ2v) is 11.0. The van der Waals surface area contributed by atoms with Gasteiger partial charge in [0, 0.05) is 27.9 Å². The summed E-state index contributed by atoms with van der Waals surface area (Å²) in [6.45, 7) is 1.91. The molecule has 226 valence electrons. The number of methoxy groups -OCH3 is 2. The lowest BCUT2D eigenvalue weighted by atomic mass is 10.1. The Labute approximate surface area is 265 Å². The Morgan fingerprint density at radius 1 is 0.932 bits per heavy atom. The van der Waals surface area contributed by atoms with Crippen LogP contribution in [0, 0.1) is 0 Å². The minimum Gasteiger partial charge on any atom is -0.493 e. The monoisotopic (exact) mass is 630 g/mol. The highest BCUT2D eigenvalue weighted by atomic mass is 35.5. The molecular weight excluding hydrogens is 600 g/mol. The molecule has 0 aliphatic heterocycles. The van der Waals surface area contributed by atoms with Gasteiger partial charge in [-0.25, -0.2) is 4.98 Å². The number of thioether (sulfide) groups is 1. The van der Waals surface area contributed by atoms with E-state index in [1.807, 2.05) is 13.0 Å². The second kappa shape index (κ2) is 15.6. The largest absolute Gasteiger partial charge is 0.493 e. The Bertz CT molecular complexity index is 1650. The predicted octanol–water partition coefficient (Wildman–Crippen LogP) is 6.67. The number of ether oxygens (including phenoxy) is 2. The van der Waals surface area contributed by atoms with Crippen LogP contribution in [0.4, 0.5) is 11.5 Å². The van der Waals surface area contributed by atoms with Gasteiger partial charge in [-0.3, -0.25) is 14.4 Å². The molecular formula is C33H31ClN4O5S. The summed E-state index contributed by atoms with van der Waals surface area (Å²) in [6, 6.07) is 24.2. The summed E-state index contributed by atoms with van der Waals surface area (Å²) in [7, 11) is 3.01. The standard InChI is InChI=1S/C33H31ClN4O5S/c1-4-28(33(41)38-29-17-16-23(34)20-35-29)44-25-14-9-13-24(19-25)36-32(40)26(37-31(39)21-10-6-5-7-11-21)18-22-12-8-15-27(42-2)30(22)43-3/h5-20,28H,4H2,1-3H3,(H,36,40)(H,37,39)(H,35,38,41)/b26-18+. The van der Waals surface area contributed by atoms with Crippen molar-refractivity contribution in [3.8, 4) is 11.5 Å². The summed E-state index contributed by atoms with van der Waals surface area (Å²) in [5.41, 5.74) is 1.39. The van der Waals surface area contributed by atoms with Crippen molar-refractivity contribution in [1.82, 2.24) is 10.3 Å². The minimum atomic E-state index is -0.556. The number of para-hydroxylation sites is 1. The molecule has 1 aromatic heterocycles. The van der Waals surface area contributed by atoms with Crippen molar-refractivity contribution in [2.45, 2.75) is 23.5 Å². The van der Waals surface area contributed by atoms with Crippen LogP contribution >= 0.6 is 23.4 Å². The molecule has 9 nitrogen and oxygen atoms in total. The SMILES string of the molecule is CCC(Sc1cccc(NC(=O)/C(=C\c2cccc(OC)c2OC)NC(=O)c2ccccc2)c1)C(=O)Nc1ccc(Cl)cn1. The van der Waals surface area contributed by atoms with E-state index in [2.05, 4.69) is 20.9 Å². The van der Waals surface area contributed by atoms with Gasteiger partial charge >= 0.3 is 0 Å². The molecule has 3 amide bonds. The molecule has 0 aliphatic carbocycles. The number of hydrogen-bond acceptors (Lipinski definition) is 7. The fourth-order valence-electron chi connectivity index (χ4n) is 4.11. The number of halogens is 1. The summed E-state index contributed by atoms with van der Waals surface area (Å²) < 4.78 is 10.9. The lowest BCUT2D eigenvalue weighted by molar-refractivity contribution is -0.116. The van der Waals surface area contributed by atoms with Crippen LogP contribution in [0.5, 0.6) is 11.5 Å².